The Hall–Kier alpha value is -3.65. The average molecular weight is 453 g/mol. The molecule has 0 aliphatic carbocycles. The summed E-state index contributed by atoms with van der Waals surface area (Å²) in [5.74, 6) is -0.474. The molecule has 2 aromatic heterocycles. The molecule has 0 radical (unpaired) electrons. The van der Waals surface area contributed by atoms with Crippen LogP contribution < -0.4 is 16.8 Å². The van der Waals surface area contributed by atoms with Gasteiger partial charge in [-0.2, -0.15) is 0 Å². The molecule has 4 rings (SSSR count). The molecule has 0 amide bonds. The van der Waals surface area contributed by atoms with Gasteiger partial charge in [-0.25, -0.2) is 9.36 Å². The molecule has 0 fully saturated rings. The number of carbonyl (C=O) groups excluding carboxylic acids is 1. The van der Waals surface area contributed by atoms with Crippen molar-refractivity contribution in [2.45, 2.75) is 27.3 Å². The van der Waals surface area contributed by atoms with Crippen molar-refractivity contribution in [1.29, 1.82) is 0 Å². The Balaban J connectivity index is 2.04. The first-order chi connectivity index (χ1) is 15.2. The number of rotatable bonds is 4. The minimum Gasteiger partial charge on any atom is -0.299 e. The number of nitrogens with zero attached hydrogens (tertiary/aromatic N) is 3. The van der Waals surface area contributed by atoms with E-state index in [0.29, 0.717) is 34.0 Å². The summed E-state index contributed by atoms with van der Waals surface area (Å²) in [6, 6.07) is 9.53. The molecule has 2 heterocycles. The quantitative estimate of drug-likeness (QED) is 0.481. The fourth-order valence-electron chi connectivity index (χ4n) is 4.02. The van der Waals surface area contributed by atoms with Crippen molar-refractivity contribution >= 4 is 28.3 Å². The molecule has 0 saturated heterocycles. The molecule has 0 saturated carbocycles. The Morgan fingerprint density at radius 1 is 1.06 bits per heavy atom. The molecule has 2 aromatic carbocycles. The summed E-state index contributed by atoms with van der Waals surface area (Å²) >= 11 is 6.06. The summed E-state index contributed by atoms with van der Waals surface area (Å²) in [4.78, 5) is 52.4. The third-order valence-corrected chi connectivity index (χ3v) is 5.93. The van der Waals surface area contributed by atoms with Gasteiger partial charge in [0.05, 0.1) is 16.6 Å². The van der Waals surface area contributed by atoms with Crippen LogP contribution in [0.5, 0.6) is 0 Å². The first kappa shape index (κ1) is 21.6. The predicted octanol–water partition coefficient (Wildman–Crippen LogP) is 2.70. The Labute approximate surface area is 187 Å². The van der Waals surface area contributed by atoms with Crippen molar-refractivity contribution < 1.29 is 4.79 Å². The number of carbonyl (C=O) groups is 1. The lowest BCUT2D eigenvalue weighted by atomic mass is 9.96. The van der Waals surface area contributed by atoms with Crippen molar-refractivity contribution in [3.63, 3.8) is 0 Å². The molecule has 0 atom stereocenters. The summed E-state index contributed by atoms with van der Waals surface area (Å²) in [6.07, 6.45) is 0. The number of halogens is 1. The van der Waals surface area contributed by atoms with Crippen LogP contribution >= 0.6 is 11.6 Å². The lowest BCUT2D eigenvalue weighted by Gasteiger charge is -2.14. The zero-order valence-electron chi connectivity index (χ0n) is 18.0. The SMILES string of the molecule is CCn1[nH]c(C)c(C(=O)c2ccc3c(c2C)c(=O)n(-c2cccc(Cl)c2)c(=O)n3C)c1=O. The van der Waals surface area contributed by atoms with E-state index in [0.717, 1.165) is 4.57 Å². The number of aryl methyl sites for hydroxylation is 4. The van der Waals surface area contributed by atoms with Crippen LogP contribution in [0.1, 0.15) is 34.1 Å². The van der Waals surface area contributed by atoms with Crippen molar-refractivity contribution in [3.05, 3.63) is 95.0 Å². The van der Waals surface area contributed by atoms with Gasteiger partial charge >= 0.3 is 5.69 Å². The number of hydrogen-bond donors (Lipinski definition) is 1. The van der Waals surface area contributed by atoms with E-state index in [4.69, 9.17) is 11.6 Å². The number of aromatic amines is 1. The predicted molar refractivity (Wildman–Crippen MR) is 123 cm³/mol. The van der Waals surface area contributed by atoms with E-state index in [1.165, 1.54) is 15.3 Å². The standard InChI is InChI=1S/C23H21ClN4O4/c1-5-27-21(30)19(13(3)25-27)20(29)16-9-10-17-18(12(16)2)22(31)28(23(32)26(17)4)15-8-6-7-14(24)11-15/h6-11,25H,5H2,1-4H3. The van der Waals surface area contributed by atoms with Gasteiger partial charge in [-0.15, -0.1) is 0 Å². The second-order valence-corrected chi connectivity index (χ2v) is 8.02. The Bertz CT molecular complexity index is 1590. The first-order valence-corrected chi connectivity index (χ1v) is 10.4. The number of hydrogen-bond acceptors (Lipinski definition) is 4. The van der Waals surface area contributed by atoms with Gasteiger partial charge in [0.1, 0.15) is 5.56 Å². The molecular weight excluding hydrogens is 432 g/mol. The van der Waals surface area contributed by atoms with Crippen molar-refractivity contribution in [2.24, 2.45) is 7.05 Å². The van der Waals surface area contributed by atoms with Crippen molar-refractivity contribution in [3.8, 4) is 5.69 Å². The molecular formula is C23H21ClN4O4. The highest BCUT2D eigenvalue weighted by Gasteiger charge is 2.24. The van der Waals surface area contributed by atoms with Gasteiger partial charge in [0.15, 0.2) is 0 Å². The second-order valence-electron chi connectivity index (χ2n) is 7.58. The molecule has 0 spiro atoms. The second kappa shape index (κ2) is 7.80. The molecule has 0 aliphatic rings. The third kappa shape index (κ3) is 3.15. The molecule has 0 aliphatic heterocycles. The number of benzene rings is 2. The van der Waals surface area contributed by atoms with Crippen molar-refractivity contribution in [2.75, 3.05) is 0 Å². The highest BCUT2D eigenvalue weighted by Crippen LogP contribution is 2.22. The Morgan fingerprint density at radius 2 is 1.78 bits per heavy atom. The molecule has 9 heteroatoms. The average Bonchev–Trinajstić information content (AvgIpc) is 3.04. The summed E-state index contributed by atoms with van der Waals surface area (Å²) in [5.41, 5.74) is 0.335. The highest BCUT2D eigenvalue weighted by atomic mass is 35.5. The summed E-state index contributed by atoms with van der Waals surface area (Å²) in [6.45, 7) is 5.50. The minimum absolute atomic E-state index is 0.0364. The lowest BCUT2D eigenvalue weighted by Crippen LogP contribution is -2.38. The van der Waals surface area contributed by atoms with Crippen LogP contribution in [0.4, 0.5) is 0 Å². The number of nitrogens with one attached hydrogen (secondary N) is 1. The van der Waals surface area contributed by atoms with Crippen molar-refractivity contribution in [1.82, 2.24) is 18.9 Å². The number of aromatic nitrogens is 4. The van der Waals surface area contributed by atoms with Gasteiger partial charge in [0, 0.05) is 29.9 Å². The van der Waals surface area contributed by atoms with E-state index < -0.39 is 22.6 Å². The maximum absolute atomic E-state index is 13.5. The topological polar surface area (TPSA) is 98.9 Å². The van der Waals surface area contributed by atoms with Gasteiger partial charge in [-0.05, 0) is 56.7 Å². The van der Waals surface area contributed by atoms with E-state index in [2.05, 4.69) is 5.10 Å². The monoisotopic (exact) mass is 452 g/mol. The number of fused-ring (bicyclic) bond motifs is 1. The van der Waals surface area contributed by atoms with Crippen LogP contribution in [0, 0.1) is 13.8 Å². The van der Waals surface area contributed by atoms with Crippen LogP contribution in [0.25, 0.3) is 16.6 Å². The fraction of sp³-hybridized carbons (Fsp3) is 0.217. The maximum Gasteiger partial charge on any atom is 0.335 e. The van der Waals surface area contributed by atoms with Gasteiger partial charge in [0.2, 0.25) is 5.78 Å². The number of ketones is 1. The van der Waals surface area contributed by atoms with Gasteiger partial charge in [0.25, 0.3) is 11.1 Å². The maximum atomic E-state index is 13.5. The van der Waals surface area contributed by atoms with E-state index in [-0.39, 0.29) is 16.5 Å². The summed E-state index contributed by atoms with van der Waals surface area (Å²) in [7, 11) is 1.56. The van der Waals surface area contributed by atoms with E-state index >= 15 is 0 Å². The zero-order chi connectivity index (χ0) is 23.3. The third-order valence-electron chi connectivity index (χ3n) is 5.69. The molecule has 164 valence electrons. The fourth-order valence-corrected chi connectivity index (χ4v) is 4.20. The normalized spacial score (nSPS) is 11.3. The highest BCUT2D eigenvalue weighted by molar-refractivity contribution is 6.30. The van der Waals surface area contributed by atoms with Crippen LogP contribution in [0.15, 0.2) is 50.8 Å². The smallest absolute Gasteiger partial charge is 0.299 e. The summed E-state index contributed by atoms with van der Waals surface area (Å²) < 4.78 is 3.74. The van der Waals surface area contributed by atoms with Crippen LogP contribution in [-0.2, 0) is 13.6 Å². The largest absolute Gasteiger partial charge is 0.335 e. The van der Waals surface area contributed by atoms with E-state index in [1.54, 1.807) is 58.2 Å². The molecule has 0 unspecified atom stereocenters. The molecule has 8 nitrogen and oxygen atoms in total. The first-order valence-electron chi connectivity index (χ1n) is 10.0. The van der Waals surface area contributed by atoms with E-state index in [9.17, 15) is 19.2 Å². The lowest BCUT2D eigenvalue weighted by molar-refractivity contribution is 0.103. The van der Waals surface area contributed by atoms with Crippen LogP contribution in [0.2, 0.25) is 5.02 Å². The van der Waals surface area contributed by atoms with Gasteiger partial charge in [-0.3, -0.25) is 28.7 Å². The molecule has 0 bridgehead atoms. The number of H-pyrrole nitrogens is 1. The molecule has 4 aromatic rings. The molecule has 1 N–H and O–H groups in total. The molecule has 32 heavy (non-hydrogen) atoms. The van der Waals surface area contributed by atoms with Gasteiger partial charge < -0.3 is 0 Å². The Kier molecular flexibility index (Phi) is 5.26. The summed E-state index contributed by atoms with van der Waals surface area (Å²) in [5, 5.41) is 3.50. The zero-order valence-corrected chi connectivity index (χ0v) is 18.8. The Morgan fingerprint density at radius 3 is 2.41 bits per heavy atom. The van der Waals surface area contributed by atoms with E-state index in [1.807, 2.05) is 0 Å². The van der Waals surface area contributed by atoms with Crippen LogP contribution in [0.3, 0.4) is 0 Å². The minimum atomic E-state index is -0.561. The van der Waals surface area contributed by atoms with Gasteiger partial charge in [-0.1, -0.05) is 17.7 Å². The van der Waals surface area contributed by atoms with Crippen LogP contribution in [-0.4, -0.2) is 24.7 Å².